The molecule has 1 nitrogen and oxygen atoms in total. The average Bonchev–Trinajstić information content (AvgIpc) is 0. The molecule has 0 rings (SSSR count). The van der Waals surface area contributed by atoms with Gasteiger partial charge in [0.1, 0.15) is 0 Å². The summed E-state index contributed by atoms with van der Waals surface area (Å²) >= 11 is 0. The molecule has 5 heteroatoms. The second-order valence-corrected chi connectivity index (χ2v) is 0. The SMILES string of the molecule is N.[AsH3].[GaH3].[InH3].[SbH3]. The van der Waals surface area contributed by atoms with Crippen molar-refractivity contribution < 1.29 is 0 Å². The molecule has 3 N–H and O–H groups in total. The molecule has 1 atom stereocenters. The van der Waals surface area contributed by atoms with Gasteiger partial charge in [-0.3, -0.25) is 0 Å². The van der Waals surface area contributed by atoms with Crippen LogP contribution in [0.3, 0.4) is 0 Å². The summed E-state index contributed by atoms with van der Waals surface area (Å²) < 4.78 is 0. The van der Waals surface area contributed by atoms with Crippen LogP contribution in [-0.4, -0.2) is 88.0 Å². The fourth-order valence-corrected chi connectivity index (χ4v) is 0. The zero-order valence-corrected chi connectivity index (χ0v) is 9.12. The topological polar surface area (TPSA) is 35.0 Å². The van der Waals surface area contributed by atoms with E-state index < -0.39 is 0 Å². The summed E-state index contributed by atoms with van der Waals surface area (Å²) in [7, 11) is 0. The predicted molar refractivity (Wildman–Crippen MR) is 44.8 cm³/mol. The quantitative estimate of drug-likeness (QED) is 0.401. The van der Waals surface area contributed by atoms with Crippen LogP contribution >= 0.6 is 0 Å². The van der Waals surface area contributed by atoms with E-state index in [1.54, 1.807) is 0 Å². The molecule has 0 heterocycles. The van der Waals surface area contributed by atoms with Gasteiger partial charge in [0.05, 0.1) is 0 Å². The second-order valence-electron chi connectivity index (χ2n) is 0. The first-order valence-electron chi connectivity index (χ1n) is 0. The number of hydrogen-bond donors (Lipinski definition) is 1. The Bertz CT molecular complexity index is 11.6. The molecule has 0 aliphatic rings. The molecule has 0 saturated carbocycles. The summed E-state index contributed by atoms with van der Waals surface area (Å²) in [5.41, 5.74) is 0. The van der Waals surface area contributed by atoms with E-state index in [1.807, 2.05) is 0 Å². The van der Waals surface area contributed by atoms with Gasteiger partial charge in [-0.25, -0.2) is 0 Å². The number of rotatable bonds is 0. The Morgan fingerprint density at radius 2 is 1.00 bits per heavy atom. The molecule has 0 aromatic heterocycles. The molecule has 0 spiro atoms. The van der Waals surface area contributed by atoms with Crippen LogP contribution < -0.4 is 6.15 Å². The van der Waals surface area contributed by atoms with Crippen molar-refractivity contribution in [3.63, 3.8) is 0 Å². The third-order valence-corrected chi connectivity index (χ3v) is 0. The zero-order chi connectivity index (χ0) is 0. The first-order chi connectivity index (χ1) is 0. The van der Waals surface area contributed by atoms with Crippen LogP contribution in [0, 0.1) is 0 Å². The Kier molecular flexibility index (Phi) is 263. The van der Waals surface area contributed by atoms with Crippen LogP contribution in [0.2, 0.25) is 0 Å². The van der Waals surface area contributed by atoms with Gasteiger partial charge in [-0.1, -0.05) is 0 Å². The van der Waals surface area contributed by atoms with Crippen LogP contribution in [0.25, 0.3) is 0 Å². The third-order valence-electron chi connectivity index (χ3n) is 0. The molecule has 0 fully saturated rings. The van der Waals surface area contributed by atoms with E-state index in [0.717, 1.165) is 0 Å². The first-order valence-corrected chi connectivity index (χ1v) is 0. The summed E-state index contributed by atoms with van der Waals surface area (Å²) in [5.74, 6) is 0. The maximum atomic E-state index is 0. The van der Waals surface area contributed by atoms with E-state index >= 15 is 0 Å². The molecule has 0 aromatic rings. The Labute approximate surface area is 92.6 Å². The first kappa shape index (κ1) is 45.4. The Morgan fingerprint density at radius 3 is 1.00 bits per heavy atom. The van der Waals surface area contributed by atoms with Crippen molar-refractivity contribution in [2.24, 2.45) is 0 Å². The summed E-state index contributed by atoms with van der Waals surface area (Å²) in [6.45, 7) is 0. The van der Waals surface area contributed by atoms with Crippen molar-refractivity contribution in [3.8, 4) is 0 Å². The van der Waals surface area contributed by atoms with Crippen LogP contribution in [0.4, 0.5) is 0 Å². The normalized spacial score (nSPS) is 0. The van der Waals surface area contributed by atoms with Crippen LogP contribution in [0.5, 0.6) is 0 Å². The molecular formula is H15AsGaInNSb. The van der Waals surface area contributed by atoms with E-state index in [0.29, 0.717) is 0 Å². The van der Waals surface area contributed by atoms with Crippen molar-refractivity contribution in [2.45, 2.75) is 0 Å². The van der Waals surface area contributed by atoms with E-state index in [4.69, 9.17) is 0 Å². The molecule has 36 valence electrons. The van der Waals surface area contributed by atoms with E-state index in [-0.39, 0.29) is 94.2 Å². The van der Waals surface area contributed by atoms with Crippen molar-refractivity contribution in [3.05, 3.63) is 0 Å². The molecule has 0 aliphatic carbocycles. The fourth-order valence-electron chi connectivity index (χ4n) is 0. The monoisotopic (exact) mass is 409 g/mol. The van der Waals surface area contributed by atoms with Gasteiger partial charge in [0, 0.05) is 0 Å². The molecule has 0 aliphatic heterocycles. The van der Waals surface area contributed by atoms with Crippen molar-refractivity contribution in [1.82, 2.24) is 6.15 Å². The standard InChI is InChI=1S/AsH3.Ga.In.H3N.Sb.9H/h1H3;;;1H3;;;;;;;;;;. The van der Waals surface area contributed by atoms with E-state index in [2.05, 4.69) is 0 Å². The van der Waals surface area contributed by atoms with Crippen molar-refractivity contribution in [2.75, 3.05) is 0 Å². The molecule has 0 amide bonds. The molecular weight excluding hydrogens is 395 g/mol. The van der Waals surface area contributed by atoms with Gasteiger partial charge in [-0.15, -0.1) is 0 Å². The van der Waals surface area contributed by atoms with E-state index in [1.165, 1.54) is 0 Å². The molecule has 1 unspecified atom stereocenters. The molecule has 0 radical (unpaired) electrons. The Hall–Kier alpha value is 2.84. The molecule has 5 heavy (non-hydrogen) atoms. The van der Waals surface area contributed by atoms with Crippen LogP contribution in [0.15, 0.2) is 0 Å². The van der Waals surface area contributed by atoms with E-state index in [9.17, 15) is 0 Å². The van der Waals surface area contributed by atoms with Gasteiger partial charge in [0.15, 0.2) is 0 Å². The van der Waals surface area contributed by atoms with Crippen LogP contribution in [-0.2, 0) is 0 Å². The predicted octanol–water partition coefficient (Wildman–Crippen LogP) is -4.57. The van der Waals surface area contributed by atoms with Gasteiger partial charge in [0.2, 0.25) is 0 Å². The van der Waals surface area contributed by atoms with Gasteiger partial charge < -0.3 is 6.15 Å². The molecule has 0 aromatic carbocycles. The van der Waals surface area contributed by atoms with Crippen molar-refractivity contribution in [1.29, 1.82) is 0 Å². The minimum absolute atomic E-state index is 0. The molecule has 0 bridgehead atoms. The Morgan fingerprint density at radius 1 is 1.00 bits per heavy atom. The van der Waals surface area contributed by atoms with Gasteiger partial charge in [-0.05, 0) is 0 Å². The molecule has 0 saturated heterocycles. The Balaban J connectivity index is 0. The summed E-state index contributed by atoms with van der Waals surface area (Å²) in [5, 5.41) is 0. The summed E-state index contributed by atoms with van der Waals surface area (Å²) in [4.78, 5) is 0. The van der Waals surface area contributed by atoms with Gasteiger partial charge in [0.25, 0.3) is 0 Å². The van der Waals surface area contributed by atoms with Gasteiger partial charge >= 0.3 is 88.0 Å². The summed E-state index contributed by atoms with van der Waals surface area (Å²) in [6, 6.07) is 0. The van der Waals surface area contributed by atoms with Crippen molar-refractivity contribution >= 4 is 88.0 Å². The average molecular weight is 410 g/mol. The maximum absolute atomic E-state index is 0. The number of hydrogen-bond acceptors (Lipinski definition) is 1. The van der Waals surface area contributed by atoms with Gasteiger partial charge in [-0.2, -0.15) is 0 Å². The fraction of sp³-hybridized carbons (Fsp3) is 0. The third kappa shape index (κ3) is 19.9. The summed E-state index contributed by atoms with van der Waals surface area (Å²) in [6.07, 6.45) is 0. The minimum atomic E-state index is 0. The van der Waals surface area contributed by atoms with Crippen LogP contribution in [0.1, 0.15) is 0 Å². The second kappa shape index (κ2) is 28.9. The zero-order valence-electron chi connectivity index (χ0n) is 2.12.